The van der Waals surface area contributed by atoms with Crippen LogP contribution in [0.1, 0.15) is 74.8 Å². The number of rotatable bonds is 3. The lowest BCUT2D eigenvalue weighted by Crippen LogP contribution is -2.52. The SMILES string of the molecule is CN1C(=O)[C@@H](c2ccc(C(C)(C)C)cc2)[C@@](C)(c2ccc3ncc(C4CC4)n3c2)N=C1N. The number of nitrogens with zero attached hydrogens (tertiary/aromatic N) is 4. The molecule has 1 amide bonds. The van der Waals surface area contributed by atoms with Crippen molar-refractivity contribution in [1.82, 2.24) is 14.3 Å². The van der Waals surface area contributed by atoms with Crippen LogP contribution in [0.25, 0.3) is 5.65 Å². The quantitative estimate of drug-likeness (QED) is 0.675. The van der Waals surface area contributed by atoms with Crippen LogP contribution in [0.15, 0.2) is 53.8 Å². The van der Waals surface area contributed by atoms with Crippen LogP contribution >= 0.6 is 0 Å². The number of pyridine rings is 1. The Bertz CT molecular complexity index is 1230. The molecule has 2 atom stereocenters. The fraction of sp³-hybridized carbons (Fsp3) is 0.423. The Hall–Kier alpha value is -3.15. The molecule has 6 nitrogen and oxygen atoms in total. The second-order valence-electron chi connectivity index (χ2n) is 10.4. The summed E-state index contributed by atoms with van der Waals surface area (Å²) in [5, 5.41) is 0. The average Bonchev–Trinajstić information content (AvgIpc) is 3.50. The van der Waals surface area contributed by atoms with E-state index in [1.165, 1.54) is 29.0 Å². The molecule has 2 aliphatic rings. The van der Waals surface area contributed by atoms with Crippen molar-refractivity contribution in [2.45, 2.75) is 63.3 Å². The maximum atomic E-state index is 13.6. The van der Waals surface area contributed by atoms with Crippen LogP contribution in [0.2, 0.25) is 0 Å². The molecule has 32 heavy (non-hydrogen) atoms. The van der Waals surface area contributed by atoms with Crippen molar-refractivity contribution in [2.24, 2.45) is 10.7 Å². The molecule has 1 saturated carbocycles. The molecule has 5 rings (SSSR count). The summed E-state index contributed by atoms with van der Waals surface area (Å²) >= 11 is 0. The van der Waals surface area contributed by atoms with Gasteiger partial charge in [0.2, 0.25) is 5.91 Å². The third-order valence-corrected chi connectivity index (χ3v) is 7.05. The van der Waals surface area contributed by atoms with E-state index in [-0.39, 0.29) is 17.3 Å². The Balaban J connectivity index is 1.66. The summed E-state index contributed by atoms with van der Waals surface area (Å²) < 4.78 is 2.16. The standard InChI is InChI=1S/C26H31N5O/c1-25(2,3)18-10-8-17(9-11-18)22-23(32)30(5)24(27)29-26(22,4)19-12-13-21-28-14-20(16-6-7-16)31(21)15-19/h8-16,22H,6-7H2,1-5H3,(H2,27,29)/t22-,26-/m1/s1. The number of amides is 1. The third kappa shape index (κ3) is 3.20. The maximum absolute atomic E-state index is 13.6. The second-order valence-corrected chi connectivity index (χ2v) is 10.4. The molecule has 3 heterocycles. The van der Waals surface area contributed by atoms with Crippen LogP contribution in [-0.2, 0) is 15.7 Å². The van der Waals surface area contributed by atoms with Crippen molar-refractivity contribution in [3.05, 3.63) is 71.2 Å². The molecule has 1 aromatic carbocycles. The topological polar surface area (TPSA) is 76.0 Å². The van der Waals surface area contributed by atoms with Gasteiger partial charge in [0.05, 0.1) is 5.92 Å². The highest BCUT2D eigenvalue weighted by Crippen LogP contribution is 2.45. The third-order valence-electron chi connectivity index (χ3n) is 7.05. The number of nitrogens with two attached hydrogens (primary N) is 1. The first-order valence-electron chi connectivity index (χ1n) is 11.3. The number of carbonyl (C=O) groups excluding carboxylic acids is 1. The first-order chi connectivity index (χ1) is 15.1. The van der Waals surface area contributed by atoms with Crippen LogP contribution in [-0.4, -0.2) is 33.2 Å². The number of aromatic nitrogens is 2. The number of aliphatic imine (C=N–C) groups is 1. The predicted octanol–water partition coefficient (Wildman–Crippen LogP) is 4.29. The molecule has 1 aliphatic heterocycles. The summed E-state index contributed by atoms with van der Waals surface area (Å²) in [5.41, 5.74) is 10.7. The lowest BCUT2D eigenvalue weighted by molar-refractivity contribution is -0.130. The van der Waals surface area contributed by atoms with Gasteiger partial charge < -0.3 is 10.1 Å². The van der Waals surface area contributed by atoms with Crippen LogP contribution in [0, 0.1) is 0 Å². The number of fused-ring (bicyclic) bond motifs is 1. The summed E-state index contributed by atoms with van der Waals surface area (Å²) in [5.74, 6) is 0.297. The van der Waals surface area contributed by atoms with Gasteiger partial charge in [-0.15, -0.1) is 0 Å². The Morgan fingerprint density at radius 3 is 2.41 bits per heavy atom. The zero-order chi connectivity index (χ0) is 22.8. The van der Waals surface area contributed by atoms with Crippen LogP contribution in [0.3, 0.4) is 0 Å². The Kier molecular flexibility index (Phi) is 4.49. The lowest BCUT2D eigenvalue weighted by atomic mass is 9.74. The summed E-state index contributed by atoms with van der Waals surface area (Å²) in [6, 6.07) is 12.4. The Morgan fingerprint density at radius 2 is 1.78 bits per heavy atom. The molecule has 166 valence electrons. The van der Waals surface area contributed by atoms with Gasteiger partial charge in [0.1, 0.15) is 11.2 Å². The molecule has 1 aliphatic carbocycles. The fourth-order valence-corrected chi connectivity index (χ4v) is 4.78. The molecule has 0 radical (unpaired) electrons. The van der Waals surface area contributed by atoms with Crippen LogP contribution < -0.4 is 5.73 Å². The predicted molar refractivity (Wildman–Crippen MR) is 127 cm³/mol. The summed E-state index contributed by atoms with van der Waals surface area (Å²) in [4.78, 5) is 24.5. The molecule has 1 fully saturated rings. The first kappa shape index (κ1) is 20.7. The van der Waals surface area contributed by atoms with Gasteiger partial charge in [-0.3, -0.25) is 9.69 Å². The van der Waals surface area contributed by atoms with E-state index < -0.39 is 11.5 Å². The van der Waals surface area contributed by atoms with Crippen molar-refractivity contribution in [1.29, 1.82) is 0 Å². The molecule has 0 unspecified atom stereocenters. The van der Waals surface area contributed by atoms with E-state index in [1.54, 1.807) is 7.05 Å². The van der Waals surface area contributed by atoms with Gasteiger partial charge in [0.25, 0.3) is 0 Å². The molecule has 2 N–H and O–H groups in total. The van der Waals surface area contributed by atoms with Crippen molar-refractivity contribution in [3.63, 3.8) is 0 Å². The fourth-order valence-electron chi connectivity index (χ4n) is 4.78. The lowest BCUT2D eigenvalue weighted by Gasteiger charge is -2.41. The zero-order valence-corrected chi connectivity index (χ0v) is 19.5. The van der Waals surface area contributed by atoms with Crippen molar-refractivity contribution in [2.75, 3.05) is 7.05 Å². The number of likely N-dealkylation sites (N-methyl/N-ethyl adjacent to an activating group) is 1. The molecule has 0 saturated heterocycles. The normalized spacial score (nSPS) is 24.2. The number of guanidine groups is 1. The van der Waals surface area contributed by atoms with Gasteiger partial charge in [-0.05, 0) is 47.9 Å². The molecular weight excluding hydrogens is 398 g/mol. The average molecular weight is 430 g/mol. The number of hydrogen-bond acceptors (Lipinski definition) is 4. The van der Waals surface area contributed by atoms with E-state index in [0.29, 0.717) is 5.92 Å². The van der Waals surface area contributed by atoms with Gasteiger partial charge in [0.15, 0.2) is 5.96 Å². The van der Waals surface area contributed by atoms with E-state index in [1.807, 2.05) is 25.3 Å². The van der Waals surface area contributed by atoms with E-state index in [0.717, 1.165) is 16.8 Å². The van der Waals surface area contributed by atoms with Gasteiger partial charge in [-0.25, -0.2) is 9.98 Å². The minimum atomic E-state index is -0.823. The van der Waals surface area contributed by atoms with Crippen molar-refractivity contribution in [3.8, 4) is 0 Å². The molecular formula is C26H31N5O. The second kappa shape index (κ2) is 6.92. The number of carbonyl (C=O) groups is 1. The van der Waals surface area contributed by atoms with Gasteiger partial charge in [-0.1, -0.05) is 51.1 Å². The van der Waals surface area contributed by atoms with Gasteiger partial charge in [0, 0.05) is 31.1 Å². The van der Waals surface area contributed by atoms with Crippen molar-refractivity contribution >= 4 is 17.5 Å². The van der Waals surface area contributed by atoms with E-state index in [9.17, 15) is 4.79 Å². The number of benzene rings is 1. The highest BCUT2D eigenvalue weighted by molar-refractivity contribution is 6.02. The number of imidazole rings is 1. The van der Waals surface area contributed by atoms with E-state index in [4.69, 9.17) is 10.7 Å². The largest absolute Gasteiger partial charge is 0.369 e. The highest BCUT2D eigenvalue weighted by Gasteiger charge is 2.47. The maximum Gasteiger partial charge on any atom is 0.239 e. The first-order valence-corrected chi connectivity index (χ1v) is 11.3. The van der Waals surface area contributed by atoms with E-state index >= 15 is 0 Å². The molecule has 0 bridgehead atoms. The zero-order valence-electron chi connectivity index (χ0n) is 19.5. The smallest absolute Gasteiger partial charge is 0.239 e. The van der Waals surface area contributed by atoms with Gasteiger partial charge >= 0.3 is 0 Å². The Morgan fingerprint density at radius 1 is 1.09 bits per heavy atom. The van der Waals surface area contributed by atoms with Crippen LogP contribution in [0.5, 0.6) is 0 Å². The molecule has 6 heteroatoms. The monoisotopic (exact) mass is 429 g/mol. The minimum Gasteiger partial charge on any atom is -0.369 e. The molecule has 0 spiro atoms. The summed E-state index contributed by atoms with van der Waals surface area (Å²) in [7, 11) is 1.70. The highest BCUT2D eigenvalue weighted by atomic mass is 16.2. The summed E-state index contributed by atoms with van der Waals surface area (Å²) in [6.07, 6.45) is 6.47. The van der Waals surface area contributed by atoms with Crippen molar-refractivity contribution < 1.29 is 4.79 Å². The molecule has 2 aromatic heterocycles. The number of hydrogen-bond donors (Lipinski definition) is 1. The minimum absolute atomic E-state index is 0.0448. The van der Waals surface area contributed by atoms with Gasteiger partial charge in [-0.2, -0.15) is 0 Å². The van der Waals surface area contributed by atoms with Crippen LogP contribution in [0.4, 0.5) is 0 Å². The summed E-state index contributed by atoms with van der Waals surface area (Å²) in [6.45, 7) is 8.58. The Labute approximate surface area is 189 Å². The molecule has 3 aromatic rings. The van der Waals surface area contributed by atoms with E-state index in [2.05, 4.69) is 60.6 Å².